The van der Waals surface area contributed by atoms with Crippen LogP contribution in [-0.2, 0) is 16.1 Å². The van der Waals surface area contributed by atoms with Crippen molar-refractivity contribution in [1.29, 1.82) is 0 Å². The molecule has 1 N–H and O–H groups in total. The lowest BCUT2D eigenvalue weighted by Crippen LogP contribution is -2.44. The zero-order valence-electron chi connectivity index (χ0n) is 18.3. The lowest BCUT2D eigenvalue weighted by Gasteiger charge is -2.33. The molecule has 0 saturated heterocycles. The van der Waals surface area contributed by atoms with Crippen LogP contribution in [0.25, 0.3) is 0 Å². The SMILES string of the molecule is CC(Oc1ccc(Cl)cc1Cl)C(=O)Nc1ccc2c(c1)N(Cc1ccc(F)cc1)C(=O)C(C)O2. The summed E-state index contributed by atoms with van der Waals surface area (Å²) in [4.78, 5) is 27.1. The van der Waals surface area contributed by atoms with Gasteiger partial charge in [-0.2, -0.15) is 0 Å². The predicted molar refractivity (Wildman–Crippen MR) is 129 cm³/mol. The molecule has 9 heteroatoms. The van der Waals surface area contributed by atoms with Gasteiger partial charge in [-0.25, -0.2) is 4.39 Å². The molecule has 1 aliphatic heterocycles. The first-order valence-corrected chi connectivity index (χ1v) is 11.3. The molecule has 3 aromatic carbocycles. The second-order valence-electron chi connectivity index (χ2n) is 7.82. The first-order valence-electron chi connectivity index (χ1n) is 10.5. The molecule has 0 aromatic heterocycles. The minimum atomic E-state index is -0.858. The smallest absolute Gasteiger partial charge is 0.268 e. The molecule has 0 aliphatic carbocycles. The van der Waals surface area contributed by atoms with Gasteiger partial charge in [-0.05, 0) is 67.9 Å². The molecule has 1 aliphatic rings. The van der Waals surface area contributed by atoms with Gasteiger partial charge in [-0.15, -0.1) is 0 Å². The van der Waals surface area contributed by atoms with Gasteiger partial charge in [0.25, 0.3) is 11.8 Å². The maximum Gasteiger partial charge on any atom is 0.268 e. The molecule has 0 radical (unpaired) electrons. The molecule has 3 aromatic rings. The second kappa shape index (κ2) is 9.91. The molecule has 0 bridgehead atoms. The summed E-state index contributed by atoms with van der Waals surface area (Å²) in [5.41, 5.74) is 1.71. The lowest BCUT2D eigenvalue weighted by molar-refractivity contribution is -0.125. The number of carbonyl (C=O) groups is 2. The molecule has 4 rings (SSSR count). The van der Waals surface area contributed by atoms with Gasteiger partial charge < -0.3 is 19.7 Å². The largest absolute Gasteiger partial charge is 0.479 e. The van der Waals surface area contributed by atoms with Gasteiger partial charge in [0.2, 0.25) is 0 Å². The normalized spacial score (nSPS) is 15.9. The number of ether oxygens (including phenoxy) is 2. The maximum atomic E-state index is 13.3. The zero-order valence-corrected chi connectivity index (χ0v) is 19.9. The van der Waals surface area contributed by atoms with Crippen LogP contribution in [0.15, 0.2) is 60.7 Å². The summed E-state index contributed by atoms with van der Waals surface area (Å²) in [6.07, 6.45) is -1.53. The molecule has 0 fully saturated rings. The monoisotopic (exact) mass is 502 g/mol. The molecule has 176 valence electrons. The van der Waals surface area contributed by atoms with Crippen molar-refractivity contribution < 1.29 is 23.5 Å². The maximum absolute atomic E-state index is 13.3. The van der Waals surface area contributed by atoms with Crippen molar-refractivity contribution in [2.45, 2.75) is 32.6 Å². The highest BCUT2D eigenvalue weighted by Gasteiger charge is 2.32. The van der Waals surface area contributed by atoms with Crippen LogP contribution in [0, 0.1) is 5.82 Å². The van der Waals surface area contributed by atoms with Crippen molar-refractivity contribution in [3.63, 3.8) is 0 Å². The molecule has 34 heavy (non-hydrogen) atoms. The van der Waals surface area contributed by atoms with Crippen LogP contribution in [0.2, 0.25) is 10.0 Å². The lowest BCUT2D eigenvalue weighted by atomic mass is 10.1. The van der Waals surface area contributed by atoms with Crippen molar-refractivity contribution in [3.05, 3.63) is 82.1 Å². The van der Waals surface area contributed by atoms with Gasteiger partial charge in [0.15, 0.2) is 12.2 Å². The van der Waals surface area contributed by atoms with E-state index in [0.29, 0.717) is 32.9 Å². The van der Waals surface area contributed by atoms with E-state index in [1.54, 1.807) is 61.2 Å². The highest BCUT2D eigenvalue weighted by Crippen LogP contribution is 2.37. The number of hydrogen-bond donors (Lipinski definition) is 1. The van der Waals surface area contributed by atoms with E-state index in [1.165, 1.54) is 18.2 Å². The van der Waals surface area contributed by atoms with Crippen molar-refractivity contribution in [1.82, 2.24) is 0 Å². The molecule has 0 spiro atoms. The average molecular weight is 503 g/mol. The van der Waals surface area contributed by atoms with Gasteiger partial charge in [0.05, 0.1) is 17.3 Å². The Bertz CT molecular complexity index is 1240. The van der Waals surface area contributed by atoms with E-state index in [-0.39, 0.29) is 18.3 Å². The van der Waals surface area contributed by atoms with Crippen LogP contribution in [0.5, 0.6) is 11.5 Å². The van der Waals surface area contributed by atoms with Crippen LogP contribution in [-0.4, -0.2) is 24.0 Å². The summed E-state index contributed by atoms with van der Waals surface area (Å²) in [5.74, 6) is -0.170. The van der Waals surface area contributed by atoms with Crippen LogP contribution in [0.1, 0.15) is 19.4 Å². The van der Waals surface area contributed by atoms with E-state index < -0.39 is 18.1 Å². The fourth-order valence-corrected chi connectivity index (χ4v) is 3.93. The summed E-state index contributed by atoms with van der Waals surface area (Å²) in [7, 11) is 0. The quantitative estimate of drug-likeness (QED) is 0.458. The summed E-state index contributed by atoms with van der Waals surface area (Å²) in [6.45, 7) is 3.49. The number of nitrogens with one attached hydrogen (secondary N) is 1. The zero-order chi connectivity index (χ0) is 24.4. The number of nitrogens with zero attached hydrogens (tertiary/aromatic N) is 1. The third-order valence-electron chi connectivity index (χ3n) is 5.26. The third-order valence-corrected chi connectivity index (χ3v) is 5.79. The van der Waals surface area contributed by atoms with Crippen LogP contribution >= 0.6 is 23.2 Å². The standard InChI is InChI=1S/C25H21Cl2FN2O4/c1-14(33-22-9-5-17(26)11-20(22)27)24(31)29-19-8-10-23-21(12-19)30(25(32)15(2)34-23)13-16-3-6-18(28)7-4-16/h3-12,14-15H,13H2,1-2H3,(H,29,31). The minimum absolute atomic E-state index is 0.228. The van der Waals surface area contributed by atoms with E-state index in [4.69, 9.17) is 32.7 Å². The number of benzene rings is 3. The van der Waals surface area contributed by atoms with Crippen molar-refractivity contribution in [2.75, 3.05) is 10.2 Å². The van der Waals surface area contributed by atoms with Gasteiger partial charge in [0, 0.05) is 10.7 Å². The Morgan fingerprint density at radius 3 is 2.59 bits per heavy atom. The predicted octanol–water partition coefficient (Wildman–Crippen LogP) is 5.85. The molecule has 6 nitrogen and oxygen atoms in total. The van der Waals surface area contributed by atoms with E-state index in [0.717, 1.165) is 5.56 Å². The fourth-order valence-electron chi connectivity index (χ4n) is 3.48. The number of amides is 2. The Hall–Kier alpha value is -3.29. The van der Waals surface area contributed by atoms with Crippen LogP contribution < -0.4 is 19.7 Å². The molecule has 2 amide bonds. The minimum Gasteiger partial charge on any atom is -0.479 e. The van der Waals surface area contributed by atoms with E-state index in [2.05, 4.69) is 5.32 Å². The van der Waals surface area contributed by atoms with Crippen molar-refractivity contribution in [2.24, 2.45) is 0 Å². The van der Waals surface area contributed by atoms with E-state index in [1.807, 2.05) is 0 Å². The van der Waals surface area contributed by atoms with Gasteiger partial charge in [0.1, 0.15) is 17.3 Å². The van der Waals surface area contributed by atoms with Gasteiger partial charge >= 0.3 is 0 Å². The molecule has 2 unspecified atom stereocenters. The van der Waals surface area contributed by atoms with Crippen LogP contribution in [0.3, 0.4) is 0 Å². The van der Waals surface area contributed by atoms with Crippen molar-refractivity contribution in [3.8, 4) is 11.5 Å². The average Bonchev–Trinajstić information content (AvgIpc) is 2.80. The molecular weight excluding hydrogens is 482 g/mol. The van der Waals surface area contributed by atoms with Crippen LogP contribution in [0.4, 0.5) is 15.8 Å². The number of halogens is 3. The first kappa shape index (κ1) is 23.9. The van der Waals surface area contributed by atoms with E-state index >= 15 is 0 Å². The summed E-state index contributed by atoms with van der Waals surface area (Å²) >= 11 is 12.0. The summed E-state index contributed by atoms with van der Waals surface area (Å²) in [6, 6.07) is 15.7. The van der Waals surface area contributed by atoms with E-state index in [9.17, 15) is 14.0 Å². The van der Waals surface area contributed by atoms with Gasteiger partial charge in [-0.1, -0.05) is 35.3 Å². The second-order valence-corrected chi connectivity index (χ2v) is 8.66. The Balaban J connectivity index is 1.53. The number of hydrogen-bond acceptors (Lipinski definition) is 4. The Morgan fingerprint density at radius 1 is 1.15 bits per heavy atom. The number of anilines is 2. The number of fused-ring (bicyclic) bond motifs is 1. The Morgan fingerprint density at radius 2 is 1.88 bits per heavy atom. The third kappa shape index (κ3) is 5.26. The Kier molecular flexibility index (Phi) is 6.95. The number of rotatable bonds is 6. The van der Waals surface area contributed by atoms with Crippen molar-refractivity contribution >= 4 is 46.4 Å². The molecule has 2 atom stereocenters. The first-order chi connectivity index (χ1) is 16.2. The highest BCUT2D eigenvalue weighted by molar-refractivity contribution is 6.35. The molecular formula is C25H21Cl2FN2O4. The summed E-state index contributed by atoms with van der Waals surface area (Å²) in [5, 5.41) is 3.54. The highest BCUT2D eigenvalue weighted by atomic mass is 35.5. The number of carbonyl (C=O) groups excluding carboxylic acids is 2. The fraction of sp³-hybridized carbons (Fsp3) is 0.200. The molecule has 1 heterocycles. The Labute approximate surface area is 206 Å². The molecule has 0 saturated carbocycles. The van der Waals surface area contributed by atoms with Gasteiger partial charge in [-0.3, -0.25) is 9.59 Å². The summed E-state index contributed by atoms with van der Waals surface area (Å²) < 4.78 is 24.7. The topological polar surface area (TPSA) is 67.9 Å².